The van der Waals surface area contributed by atoms with Crippen molar-refractivity contribution in [3.63, 3.8) is 0 Å². The molecular weight excluding hydrogens is 490 g/mol. The largest absolute Gasteiger partial charge is 0.461 e. The van der Waals surface area contributed by atoms with Crippen LogP contribution in [0.15, 0.2) is 118 Å². The summed E-state index contributed by atoms with van der Waals surface area (Å²) in [7, 11) is 0. The van der Waals surface area contributed by atoms with Gasteiger partial charge in [-0.3, -0.25) is 4.79 Å². The fraction of sp³-hybridized carbons (Fsp3) is 0.108. The van der Waals surface area contributed by atoms with Crippen molar-refractivity contribution in [1.29, 1.82) is 0 Å². The predicted octanol–water partition coefficient (Wildman–Crippen LogP) is 8.86. The molecule has 1 aliphatic carbocycles. The van der Waals surface area contributed by atoms with Crippen LogP contribution >= 0.6 is 0 Å². The van der Waals surface area contributed by atoms with Gasteiger partial charge in [0.1, 0.15) is 11.3 Å². The van der Waals surface area contributed by atoms with E-state index in [0.29, 0.717) is 16.7 Å². The van der Waals surface area contributed by atoms with Crippen molar-refractivity contribution in [2.75, 3.05) is 4.90 Å². The fourth-order valence-corrected chi connectivity index (χ4v) is 7.06. The number of hydrogen-bond donors (Lipinski definition) is 0. The zero-order valence-electron chi connectivity index (χ0n) is 22.7. The Morgan fingerprint density at radius 3 is 1.77 bits per heavy atom. The highest BCUT2D eigenvalue weighted by molar-refractivity contribution is 5.97. The van der Waals surface area contributed by atoms with Gasteiger partial charge in [-0.05, 0) is 78.4 Å². The second kappa shape index (κ2) is 8.06. The van der Waals surface area contributed by atoms with E-state index in [1.165, 1.54) is 44.5 Å². The third-order valence-corrected chi connectivity index (χ3v) is 8.64. The lowest BCUT2D eigenvalue weighted by Crippen LogP contribution is -2.36. The van der Waals surface area contributed by atoms with E-state index in [4.69, 9.17) is 4.42 Å². The first-order chi connectivity index (χ1) is 19.5. The van der Waals surface area contributed by atoms with E-state index in [2.05, 4.69) is 104 Å². The van der Waals surface area contributed by atoms with Crippen molar-refractivity contribution in [2.24, 2.45) is 0 Å². The van der Waals surface area contributed by atoms with Crippen molar-refractivity contribution in [3.8, 4) is 11.1 Å². The molecule has 3 nitrogen and oxygen atoms in total. The highest BCUT2D eigenvalue weighted by Crippen LogP contribution is 2.63. The van der Waals surface area contributed by atoms with Crippen molar-refractivity contribution >= 4 is 28.0 Å². The summed E-state index contributed by atoms with van der Waals surface area (Å²) < 4.78 is 6.05. The summed E-state index contributed by atoms with van der Waals surface area (Å²) in [4.78, 5) is 15.0. The summed E-state index contributed by atoms with van der Waals surface area (Å²) in [5, 5.41) is 0.592. The minimum absolute atomic E-state index is 0.0193. The Morgan fingerprint density at radius 2 is 1.18 bits per heavy atom. The van der Waals surface area contributed by atoms with Crippen LogP contribution in [0.25, 0.3) is 22.1 Å². The Hall–Kier alpha value is -4.89. The van der Waals surface area contributed by atoms with E-state index in [9.17, 15) is 4.79 Å². The van der Waals surface area contributed by atoms with Gasteiger partial charge >= 0.3 is 0 Å². The number of rotatable bonds is 1. The Balaban J connectivity index is 1.52. The molecule has 0 bridgehead atoms. The van der Waals surface area contributed by atoms with Gasteiger partial charge in [-0.25, -0.2) is 0 Å². The number of benzene rings is 5. The van der Waals surface area contributed by atoms with Crippen LogP contribution in [0.3, 0.4) is 0 Å². The summed E-state index contributed by atoms with van der Waals surface area (Å²) in [6.45, 7) is 6.16. The van der Waals surface area contributed by atoms with Crippen LogP contribution in [0, 0.1) is 20.8 Å². The van der Waals surface area contributed by atoms with Gasteiger partial charge in [0, 0.05) is 17.8 Å². The van der Waals surface area contributed by atoms with Crippen LogP contribution in [0.1, 0.15) is 39.1 Å². The van der Waals surface area contributed by atoms with Crippen molar-refractivity contribution in [1.82, 2.24) is 0 Å². The number of aryl methyl sites for hydroxylation is 3. The minimum Gasteiger partial charge on any atom is -0.461 e. The van der Waals surface area contributed by atoms with Crippen molar-refractivity contribution in [2.45, 2.75) is 26.2 Å². The Bertz CT molecular complexity index is 1980. The molecule has 0 unspecified atom stereocenters. The van der Waals surface area contributed by atoms with Crippen molar-refractivity contribution < 1.29 is 4.42 Å². The molecule has 192 valence electrons. The van der Waals surface area contributed by atoms with E-state index in [-0.39, 0.29) is 5.43 Å². The number of hydrogen-bond acceptors (Lipinski definition) is 3. The molecule has 2 aliphatic rings. The third-order valence-electron chi connectivity index (χ3n) is 8.64. The van der Waals surface area contributed by atoms with Crippen LogP contribution < -0.4 is 10.3 Å². The molecule has 0 saturated heterocycles. The normalized spacial score (nSPS) is 14.1. The van der Waals surface area contributed by atoms with Gasteiger partial charge in [0.15, 0.2) is 5.43 Å². The zero-order valence-corrected chi connectivity index (χ0v) is 22.7. The van der Waals surface area contributed by atoms with E-state index < -0.39 is 5.41 Å². The molecule has 1 aliphatic heterocycles. The van der Waals surface area contributed by atoms with Gasteiger partial charge in [0.05, 0.1) is 22.2 Å². The molecule has 0 saturated carbocycles. The van der Waals surface area contributed by atoms with E-state index in [1.807, 2.05) is 25.1 Å². The Labute approximate surface area is 233 Å². The smallest absolute Gasteiger partial charge is 0.192 e. The molecular formula is C37H27NO2. The van der Waals surface area contributed by atoms with Crippen LogP contribution in [-0.4, -0.2) is 0 Å². The average Bonchev–Trinajstić information content (AvgIpc) is 3.25. The second-order valence-corrected chi connectivity index (χ2v) is 11.1. The summed E-state index contributed by atoms with van der Waals surface area (Å²) in [5.41, 5.74) is 13.5. The summed E-state index contributed by atoms with van der Waals surface area (Å²) >= 11 is 0. The standard InChI is InChI=1S/C37H27NO2/c1-22-12-16-33-31(18-22)37(29-10-6-4-8-26(29)27-9-5-7-11-30(27)37)32-19-23(2)13-17-34(32)38(33)25-14-15-28-35(39)20-24(3)40-36(28)21-25/h4-21H,1-3H3. The van der Waals surface area contributed by atoms with Gasteiger partial charge < -0.3 is 9.32 Å². The van der Waals surface area contributed by atoms with Crippen molar-refractivity contribution in [3.05, 3.63) is 159 Å². The quantitative estimate of drug-likeness (QED) is 0.218. The second-order valence-electron chi connectivity index (χ2n) is 11.1. The highest BCUT2D eigenvalue weighted by atomic mass is 16.3. The summed E-state index contributed by atoms with van der Waals surface area (Å²) in [6, 6.07) is 38.8. The minimum atomic E-state index is -0.452. The lowest BCUT2D eigenvalue weighted by atomic mass is 9.64. The maximum atomic E-state index is 12.7. The summed E-state index contributed by atoms with van der Waals surface area (Å²) in [6.07, 6.45) is 0. The molecule has 1 spiro atoms. The van der Waals surface area contributed by atoms with E-state index in [0.717, 1.165) is 17.1 Å². The van der Waals surface area contributed by atoms with E-state index >= 15 is 0 Å². The number of nitrogens with zero attached hydrogens (tertiary/aromatic N) is 1. The SMILES string of the molecule is Cc1ccc2c(c1)C1(c3ccccc3-c3ccccc31)c1cc(C)ccc1N2c1ccc2c(=O)cc(C)oc2c1. The molecule has 2 heterocycles. The Morgan fingerprint density at radius 1 is 0.600 bits per heavy atom. The molecule has 0 N–H and O–H groups in total. The average molecular weight is 518 g/mol. The van der Waals surface area contributed by atoms with Gasteiger partial charge in [-0.1, -0.05) is 83.9 Å². The molecule has 40 heavy (non-hydrogen) atoms. The molecule has 1 aromatic heterocycles. The van der Waals surface area contributed by atoms with Crippen LogP contribution in [-0.2, 0) is 5.41 Å². The topological polar surface area (TPSA) is 33.5 Å². The number of fused-ring (bicyclic) bond motifs is 10. The van der Waals surface area contributed by atoms with Crippen LogP contribution in [0.4, 0.5) is 17.1 Å². The summed E-state index contributed by atoms with van der Waals surface area (Å²) in [5.74, 6) is 0.610. The first-order valence-corrected chi connectivity index (χ1v) is 13.7. The van der Waals surface area contributed by atoms with Gasteiger partial charge in [0.25, 0.3) is 0 Å². The molecule has 0 atom stereocenters. The first-order valence-electron chi connectivity index (χ1n) is 13.7. The lowest BCUT2D eigenvalue weighted by Gasteiger charge is -2.45. The first kappa shape index (κ1) is 23.0. The molecule has 6 aromatic rings. The molecule has 3 heteroatoms. The van der Waals surface area contributed by atoms with Gasteiger partial charge in [-0.15, -0.1) is 0 Å². The number of anilines is 3. The van der Waals surface area contributed by atoms with Crippen LogP contribution in [0.5, 0.6) is 0 Å². The lowest BCUT2D eigenvalue weighted by molar-refractivity contribution is 0.565. The monoisotopic (exact) mass is 517 g/mol. The maximum Gasteiger partial charge on any atom is 0.192 e. The van der Waals surface area contributed by atoms with Crippen LogP contribution in [0.2, 0.25) is 0 Å². The molecule has 8 rings (SSSR count). The third kappa shape index (κ3) is 2.92. The molecule has 0 amide bonds. The van der Waals surface area contributed by atoms with E-state index in [1.54, 1.807) is 6.07 Å². The molecule has 5 aromatic carbocycles. The highest BCUT2D eigenvalue weighted by Gasteiger charge is 2.51. The Kier molecular flexibility index (Phi) is 4.64. The maximum absolute atomic E-state index is 12.7. The van der Waals surface area contributed by atoms with Gasteiger partial charge in [-0.2, -0.15) is 0 Å². The van der Waals surface area contributed by atoms with Gasteiger partial charge in [0.2, 0.25) is 0 Å². The molecule has 0 fully saturated rings. The fourth-order valence-electron chi connectivity index (χ4n) is 7.06. The zero-order chi connectivity index (χ0) is 27.2. The predicted molar refractivity (Wildman–Crippen MR) is 162 cm³/mol. The molecule has 0 radical (unpaired) electrons.